The van der Waals surface area contributed by atoms with Crippen LogP contribution in [0.4, 0.5) is 5.13 Å². The number of aromatic nitrogens is 1. The van der Waals surface area contributed by atoms with Crippen molar-refractivity contribution in [1.29, 1.82) is 0 Å². The van der Waals surface area contributed by atoms with E-state index in [1.165, 1.54) is 18.3 Å². The van der Waals surface area contributed by atoms with Gasteiger partial charge in [0, 0.05) is 17.9 Å². The van der Waals surface area contributed by atoms with Gasteiger partial charge in [0.2, 0.25) is 5.91 Å². The van der Waals surface area contributed by atoms with Gasteiger partial charge in [-0.1, -0.05) is 30.3 Å². The molecule has 0 fully saturated rings. The number of hydrogen-bond acceptors (Lipinski definition) is 3. The van der Waals surface area contributed by atoms with Crippen LogP contribution >= 0.6 is 11.3 Å². The zero-order valence-electron chi connectivity index (χ0n) is 8.23. The zero-order valence-corrected chi connectivity index (χ0v) is 9.04. The quantitative estimate of drug-likeness (QED) is 0.842. The lowest BCUT2D eigenvalue weighted by atomic mass is 10.2. The highest BCUT2D eigenvalue weighted by Gasteiger charge is 2.04. The summed E-state index contributed by atoms with van der Waals surface area (Å²) in [6.07, 6.45) is 0. The maximum Gasteiger partial charge on any atom is 0.223 e. The second kappa shape index (κ2) is 4.23. The molecule has 15 heavy (non-hydrogen) atoms. The van der Waals surface area contributed by atoms with Gasteiger partial charge < -0.3 is 5.32 Å². The van der Waals surface area contributed by atoms with E-state index < -0.39 is 0 Å². The molecule has 0 aliphatic rings. The standard InChI is InChI=1S/C11H10N2OS/c1-8(14)12-11-13-10(7-15-11)9-5-3-2-4-6-9/h2-7H,1H3,(H,12,13,14). The van der Waals surface area contributed by atoms with E-state index in [-0.39, 0.29) is 5.91 Å². The minimum atomic E-state index is -0.0936. The highest BCUT2D eigenvalue weighted by Crippen LogP contribution is 2.24. The van der Waals surface area contributed by atoms with Crippen molar-refractivity contribution in [2.24, 2.45) is 0 Å². The van der Waals surface area contributed by atoms with Crippen LogP contribution in [-0.2, 0) is 4.79 Å². The summed E-state index contributed by atoms with van der Waals surface area (Å²) in [6, 6.07) is 9.88. The van der Waals surface area contributed by atoms with E-state index >= 15 is 0 Å². The Morgan fingerprint density at radius 2 is 2.07 bits per heavy atom. The van der Waals surface area contributed by atoms with Crippen LogP contribution in [0, 0.1) is 0 Å². The number of benzene rings is 1. The van der Waals surface area contributed by atoms with Crippen molar-refractivity contribution in [3.05, 3.63) is 35.7 Å². The van der Waals surface area contributed by atoms with Crippen molar-refractivity contribution in [2.75, 3.05) is 5.32 Å². The molecule has 1 aromatic carbocycles. The minimum Gasteiger partial charge on any atom is -0.302 e. The van der Waals surface area contributed by atoms with Crippen LogP contribution < -0.4 is 5.32 Å². The van der Waals surface area contributed by atoms with Gasteiger partial charge in [0.15, 0.2) is 5.13 Å². The first kappa shape index (κ1) is 9.86. The van der Waals surface area contributed by atoms with E-state index in [4.69, 9.17) is 0 Å². The number of rotatable bonds is 2. The van der Waals surface area contributed by atoms with Gasteiger partial charge in [-0.15, -0.1) is 11.3 Å². The fourth-order valence-electron chi connectivity index (χ4n) is 1.22. The van der Waals surface area contributed by atoms with Crippen molar-refractivity contribution < 1.29 is 4.79 Å². The molecule has 1 heterocycles. The number of nitrogens with one attached hydrogen (secondary N) is 1. The zero-order chi connectivity index (χ0) is 10.7. The monoisotopic (exact) mass is 218 g/mol. The Bertz CT molecular complexity index is 464. The number of amides is 1. The molecule has 1 amide bonds. The lowest BCUT2D eigenvalue weighted by molar-refractivity contribution is -0.114. The Balaban J connectivity index is 2.24. The van der Waals surface area contributed by atoms with Crippen molar-refractivity contribution in [1.82, 2.24) is 4.98 Å². The van der Waals surface area contributed by atoms with Crippen LogP contribution in [0.3, 0.4) is 0 Å². The van der Waals surface area contributed by atoms with Crippen molar-refractivity contribution >= 4 is 22.4 Å². The molecule has 76 valence electrons. The molecule has 1 N–H and O–H groups in total. The third-order valence-corrected chi connectivity index (χ3v) is 2.61. The molecular weight excluding hydrogens is 208 g/mol. The summed E-state index contributed by atoms with van der Waals surface area (Å²) in [6.45, 7) is 1.48. The number of carbonyl (C=O) groups is 1. The number of thiazole rings is 1. The Kier molecular flexibility index (Phi) is 2.78. The van der Waals surface area contributed by atoms with E-state index in [1.807, 2.05) is 35.7 Å². The summed E-state index contributed by atoms with van der Waals surface area (Å²) in [5, 5.41) is 5.23. The SMILES string of the molecule is CC(=O)Nc1nc(-c2ccccc2)cs1. The molecule has 0 bridgehead atoms. The van der Waals surface area contributed by atoms with Crippen LogP contribution in [0.15, 0.2) is 35.7 Å². The molecule has 2 rings (SSSR count). The second-order valence-electron chi connectivity index (χ2n) is 3.09. The summed E-state index contributed by atoms with van der Waals surface area (Å²) >= 11 is 1.43. The van der Waals surface area contributed by atoms with Gasteiger partial charge >= 0.3 is 0 Å². The first-order valence-electron chi connectivity index (χ1n) is 4.54. The first-order chi connectivity index (χ1) is 7.25. The molecule has 0 aliphatic heterocycles. The van der Waals surface area contributed by atoms with Gasteiger partial charge in [0.05, 0.1) is 5.69 Å². The molecule has 0 radical (unpaired) electrons. The number of carbonyl (C=O) groups excluding carboxylic acids is 1. The van der Waals surface area contributed by atoms with E-state index in [2.05, 4.69) is 10.3 Å². The lowest BCUT2D eigenvalue weighted by Crippen LogP contribution is -2.04. The highest BCUT2D eigenvalue weighted by atomic mass is 32.1. The van der Waals surface area contributed by atoms with E-state index in [0.717, 1.165) is 11.3 Å². The van der Waals surface area contributed by atoms with Crippen LogP contribution in [0.2, 0.25) is 0 Å². The molecule has 0 saturated heterocycles. The fourth-order valence-corrected chi connectivity index (χ4v) is 1.99. The average Bonchev–Trinajstić information content (AvgIpc) is 2.67. The molecule has 0 saturated carbocycles. The van der Waals surface area contributed by atoms with Crippen LogP contribution in [0.1, 0.15) is 6.92 Å². The van der Waals surface area contributed by atoms with Crippen molar-refractivity contribution in [2.45, 2.75) is 6.92 Å². The van der Waals surface area contributed by atoms with Gasteiger partial charge in [-0.2, -0.15) is 0 Å². The van der Waals surface area contributed by atoms with Crippen LogP contribution in [0.25, 0.3) is 11.3 Å². The second-order valence-corrected chi connectivity index (χ2v) is 3.94. The Morgan fingerprint density at radius 3 is 2.73 bits per heavy atom. The maximum absolute atomic E-state index is 10.8. The summed E-state index contributed by atoms with van der Waals surface area (Å²) in [5.74, 6) is -0.0936. The molecule has 0 aliphatic carbocycles. The van der Waals surface area contributed by atoms with Gasteiger partial charge in [0.1, 0.15) is 0 Å². The summed E-state index contributed by atoms with van der Waals surface area (Å²) in [5.41, 5.74) is 1.95. The van der Waals surface area contributed by atoms with Gasteiger partial charge in [-0.05, 0) is 0 Å². The fraction of sp³-hybridized carbons (Fsp3) is 0.0909. The van der Waals surface area contributed by atoms with Crippen molar-refractivity contribution in [3.8, 4) is 11.3 Å². The summed E-state index contributed by atoms with van der Waals surface area (Å²) in [4.78, 5) is 15.1. The van der Waals surface area contributed by atoms with Crippen molar-refractivity contribution in [3.63, 3.8) is 0 Å². The third-order valence-electron chi connectivity index (χ3n) is 1.86. The smallest absolute Gasteiger partial charge is 0.223 e. The van der Waals surface area contributed by atoms with Crippen LogP contribution in [-0.4, -0.2) is 10.9 Å². The minimum absolute atomic E-state index is 0.0936. The third kappa shape index (κ3) is 2.41. The molecular formula is C11H10N2OS. The predicted octanol–water partition coefficient (Wildman–Crippen LogP) is 2.77. The maximum atomic E-state index is 10.8. The molecule has 4 heteroatoms. The molecule has 0 atom stereocenters. The van der Waals surface area contributed by atoms with Gasteiger partial charge in [-0.3, -0.25) is 4.79 Å². The van der Waals surface area contributed by atoms with E-state index in [9.17, 15) is 4.79 Å². The largest absolute Gasteiger partial charge is 0.302 e. The Morgan fingerprint density at radius 1 is 1.33 bits per heavy atom. The lowest BCUT2D eigenvalue weighted by Gasteiger charge is -1.95. The van der Waals surface area contributed by atoms with Crippen LogP contribution in [0.5, 0.6) is 0 Å². The molecule has 1 aromatic heterocycles. The normalized spacial score (nSPS) is 9.93. The number of hydrogen-bond donors (Lipinski definition) is 1. The first-order valence-corrected chi connectivity index (χ1v) is 5.42. The highest BCUT2D eigenvalue weighted by molar-refractivity contribution is 7.14. The summed E-state index contributed by atoms with van der Waals surface area (Å²) in [7, 11) is 0. The number of anilines is 1. The molecule has 0 spiro atoms. The van der Waals surface area contributed by atoms with Gasteiger partial charge in [-0.25, -0.2) is 4.98 Å². The predicted molar refractivity (Wildman–Crippen MR) is 61.9 cm³/mol. The van der Waals surface area contributed by atoms with E-state index in [0.29, 0.717) is 5.13 Å². The molecule has 0 unspecified atom stereocenters. The average molecular weight is 218 g/mol. The number of nitrogens with zero attached hydrogens (tertiary/aromatic N) is 1. The van der Waals surface area contributed by atoms with Gasteiger partial charge in [0.25, 0.3) is 0 Å². The Labute approximate surface area is 91.8 Å². The van der Waals surface area contributed by atoms with E-state index in [1.54, 1.807) is 0 Å². The molecule has 3 nitrogen and oxygen atoms in total. The Hall–Kier alpha value is -1.68. The summed E-state index contributed by atoms with van der Waals surface area (Å²) < 4.78 is 0. The topological polar surface area (TPSA) is 42.0 Å². The molecule has 2 aromatic rings.